The molecule has 0 aromatic heterocycles. The largest absolute Gasteiger partial charge is 0.326 e. The van der Waals surface area contributed by atoms with E-state index in [4.69, 9.17) is 0 Å². The van der Waals surface area contributed by atoms with Crippen molar-refractivity contribution < 1.29 is 23.6 Å². The van der Waals surface area contributed by atoms with Crippen molar-refractivity contribution in [2.24, 2.45) is 11.8 Å². The van der Waals surface area contributed by atoms with Gasteiger partial charge in [0.15, 0.2) is 0 Å². The van der Waals surface area contributed by atoms with E-state index < -0.39 is 17.8 Å². The second kappa shape index (κ2) is 9.59. The van der Waals surface area contributed by atoms with Crippen molar-refractivity contribution in [3.05, 3.63) is 24.0 Å². The van der Waals surface area contributed by atoms with Crippen molar-refractivity contribution in [3.63, 3.8) is 0 Å². The molecule has 7 nitrogen and oxygen atoms in total. The Kier molecular flexibility index (Phi) is 7.12. The smallest absolute Gasteiger partial charge is 0.247 e. The zero-order valence-corrected chi connectivity index (χ0v) is 17.9. The molecule has 0 spiro atoms. The number of fused-ring (bicyclic) bond motifs is 1. The first kappa shape index (κ1) is 22.3. The highest BCUT2D eigenvalue weighted by Crippen LogP contribution is 2.39. The predicted molar refractivity (Wildman–Crippen MR) is 113 cm³/mol. The highest BCUT2D eigenvalue weighted by atomic mass is 32.2. The standard InChI is InChI=1S/C21H26FN3O4S/c1-12(26)23-13-7-8-16(22)17(11-13)24-19(27)18(9-10-30-2)25-20(28)14-5-3-4-6-15(14)21(25)29/h7-8,11,14-15,18H,3-6,9-10H2,1-2H3,(H,23,26)(H,24,27). The molecule has 2 aliphatic rings. The molecular weight excluding hydrogens is 409 g/mol. The van der Waals surface area contributed by atoms with Crippen LogP contribution in [0.2, 0.25) is 0 Å². The van der Waals surface area contributed by atoms with Crippen LogP contribution in [0.1, 0.15) is 39.0 Å². The van der Waals surface area contributed by atoms with Crippen molar-refractivity contribution in [1.82, 2.24) is 4.90 Å². The number of nitrogens with zero attached hydrogens (tertiary/aromatic N) is 1. The summed E-state index contributed by atoms with van der Waals surface area (Å²) in [6.07, 6.45) is 5.29. The minimum absolute atomic E-state index is 0.114. The Morgan fingerprint density at radius 1 is 1.17 bits per heavy atom. The van der Waals surface area contributed by atoms with Crippen LogP contribution >= 0.6 is 11.8 Å². The van der Waals surface area contributed by atoms with Gasteiger partial charge in [-0.3, -0.25) is 24.1 Å². The summed E-state index contributed by atoms with van der Waals surface area (Å²) in [6.45, 7) is 1.32. The third-order valence-corrected chi connectivity index (χ3v) is 6.27. The lowest BCUT2D eigenvalue weighted by molar-refractivity contribution is -0.146. The Morgan fingerprint density at radius 2 is 1.80 bits per heavy atom. The van der Waals surface area contributed by atoms with Crippen molar-refractivity contribution in [3.8, 4) is 0 Å². The lowest BCUT2D eigenvalue weighted by Gasteiger charge is -2.26. The number of likely N-dealkylation sites (tertiary alicyclic amines) is 1. The summed E-state index contributed by atoms with van der Waals surface area (Å²) in [5.41, 5.74) is 0.219. The third kappa shape index (κ3) is 4.66. The van der Waals surface area contributed by atoms with E-state index in [-0.39, 0.29) is 41.7 Å². The Hall–Kier alpha value is -2.42. The van der Waals surface area contributed by atoms with Crippen molar-refractivity contribution in [2.45, 2.75) is 45.1 Å². The monoisotopic (exact) mass is 435 g/mol. The summed E-state index contributed by atoms with van der Waals surface area (Å²) in [5, 5.41) is 5.04. The minimum atomic E-state index is -0.994. The van der Waals surface area contributed by atoms with Crippen LogP contribution in [0.15, 0.2) is 18.2 Å². The van der Waals surface area contributed by atoms with Gasteiger partial charge in [0.05, 0.1) is 17.5 Å². The molecule has 162 valence electrons. The fourth-order valence-corrected chi connectivity index (χ4v) is 4.68. The number of imide groups is 1. The fourth-order valence-electron chi connectivity index (χ4n) is 4.22. The van der Waals surface area contributed by atoms with Crippen LogP contribution in [0.3, 0.4) is 0 Å². The zero-order valence-electron chi connectivity index (χ0n) is 17.1. The van der Waals surface area contributed by atoms with Crippen LogP contribution in [0, 0.1) is 17.7 Å². The number of rotatable bonds is 7. The van der Waals surface area contributed by atoms with E-state index in [1.807, 2.05) is 6.26 Å². The van der Waals surface area contributed by atoms with Crippen LogP contribution in [-0.2, 0) is 19.2 Å². The molecule has 1 saturated carbocycles. The number of hydrogen-bond acceptors (Lipinski definition) is 5. The molecule has 2 fully saturated rings. The summed E-state index contributed by atoms with van der Waals surface area (Å²) in [6, 6.07) is 2.84. The zero-order chi connectivity index (χ0) is 21.8. The maximum absolute atomic E-state index is 14.3. The van der Waals surface area contributed by atoms with Crippen molar-refractivity contribution >= 4 is 46.8 Å². The number of carbonyl (C=O) groups excluding carboxylic acids is 4. The minimum Gasteiger partial charge on any atom is -0.326 e. The number of benzene rings is 1. The maximum atomic E-state index is 14.3. The molecule has 2 N–H and O–H groups in total. The quantitative estimate of drug-likeness (QED) is 0.642. The third-order valence-electron chi connectivity index (χ3n) is 5.63. The summed E-state index contributed by atoms with van der Waals surface area (Å²) in [5.74, 6) is -2.33. The lowest BCUT2D eigenvalue weighted by atomic mass is 9.81. The van der Waals surface area contributed by atoms with Gasteiger partial charge in [-0.05, 0) is 49.5 Å². The van der Waals surface area contributed by atoms with Gasteiger partial charge >= 0.3 is 0 Å². The van der Waals surface area contributed by atoms with Crippen LogP contribution < -0.4 is 10.6 Å². The van der Waals surface area contributed by atoms with Gasteiger partial charge in [0.2, 0.25) is 23.6 Å². The molecule has 3 atom stereocenters. The van der Waals surface area contributed by atoms with Gasteiger partial charge < -0.3 is 10.6 Å². The lowest BCUT2D eigenvalue weighted by Crippen LogP contribution is -2.48. The van der Waals surface area contributed by atoms with Gasteiger partial charge in [0, 0.05) is 12.6 Å². The fraction of sp³-hybridized carbons (Fsp3) is 0.524. The molecule has 1 aromatic carbocycles. The van der Waals surface area contributed by atoms with E-state index in [0.717, 1.165) is 23.8 Å². The number of amides is 4. The van der Waals surface area contributed by atoms with Gasteiger partial charge in [-0.25, -0.2) is 4.39 Å². The summed E-state index contributed by atoms with van der Waals surface area (Å²) in [7, 11) is 0. The second-order valence-electron chi connectivity index (χ2n) is 7.71. The molecular formula is C21H26FN3O4S. The van der Waals surface area contributed by atoms with Gasteiger partial charge in [0.1, 0.15) is 11.9 Å². The van der Waals surface area contributed by atoms with Crippen LogP contribution in [0.5, 0.6) is 0 Å². The first-order valence-electron chi connectivity index (χ1n) is 10.1. The van der Waals surface area contributed by atoms with Gasteiger partial charge in [0.25, 0.3) is 0 Å². The van der Waals surface area contributed by atoms with Gasteiger partial charge in [-0.15, -0.1) is 0 Å². The van der Waals surface area contributed by atoms with Gasteiger partial charge in [-0.2, -0.15) is 11.8 Å². The van der Waals surface area contributed by atoms with E-state index in [1.165, 1.54) is 30.8 Å². The number of hydrogen-bond donors (Lipinski definition) is 2. The van der Waals surface area contributed by atoms with E-state index in [9.17, 15) is 23.6 Å². The molecule has 1 saturated heterocycles. The molecule has 0 radical (unpaired) electrons. The van der Waals surface area contributed by atoms with E-state index >= 15 is 0 Å². The van der Waals surface area contributed by atoms with Crippen molar-refractivity contribution in [2.75, 3.05) is 22.6 Å². The predicted octanol–water partition coefficient (Wildman–Crippen LogP) is 3.02. The number of carbonyl (C=O) groups is 4. The van der Waals surface area contributed by atoms with Crippen LogP contribution in [-0.4, -0.2) is 46.6 Å². The Labute approximate surface area is 179 Å². The molecule has 3 rings (SSSR count). The molecule has 9 heteroatoms. The Bertz CT molecular complexity index is 839. The van der Waals surface area contributed by atoms with Gasteiger partial charge in [-0.1, -0.05) is 12.8 Å². The molecule has 1 aliphatic carbocycles. The summed E-state index contributed by atoms with van der Waals surface area (Å²) < 4.78 is 14.3. The average molecular weight is 436 g/mol. The molecule has 4 amide bonds. The number of halogens is 1. The normalized spacial score (nSPS) is 21.9. The molecule has 3 unspecified atom stereocenters. The molecule has 30 heavy (non-hydrogen) atoms. The first-order valence-corrected chi connectivity index (χ1v) is 11.5. The van der Waals surface area contributed by atoms with Crippen LogP contribution in [0.25, 0.3) is 0 Å². The highest BCUT2D eigenvalue weighted by molar-refractivity contribution is 7.98. The average Bonchev–Trinajstić information content (AvgIpc) is 2.96. The van der Waals surface area contributed by atoms with Crippen LogP contribution in [0.4, 0.5) is 15.8 Å². The Morgan fingerprint density at radius 3 is 2.37 bits per heavy atom. The molecule has 1 aromatic rings. The summed E-state index contributed by atoms with van der Waals surface area (Å²) in [4.78, 5) is 51.3. The maximum Gasteiger partial charge on any atom is 0.247 e. The van der Waals surface area contributed by atoms with E-state index in [2.05, 4.69) is 10.6 Å². The van der Waals surface area contributed by atoms with E-state index in [1.54, 1.807) is 0 Å². The van der Waals surface area contributed by atoms with E-state index in [0.29, 0.717) is 24.3 Å². The SMILES string of the molecule is CSCCC(C(=O)Nc1cc(NC(C)=O)ccc1F)N1C(=O)C2CCCCC2C1=O. The molecule has 1 aliphatic heterocycles. The topological polar surface area (TPSA) is 95.6 Å². The number of nitrogens with one attached hydrogen (secondary N) is 2. The number of thioether (sulfide) groups is 1. The molecule has 1 heterocycles. The number of anilines is 2. The first-order chi connectivity index (χ1) is 14.3. The second-order valence-corrected chi connectivity index (χ2v) is 8.69. The Balaban J connectivity index is 1.84. The van der Waals surface area contributed by atoms with Crippen molar-refractivity contribution in [1.29, 1.82) is 0 Å². The molecule has 0 bridgehead atoms. The highest BCUT2D eigenvalue weighted by Gasteiger charge is 2.51. The summed E-state index contributed by atoms with van der Waals surface area (Å²) >= 11 is 1.50.